The van der Waals surface area contributed by atoms with Crippen LogP contribution in [-0.2, 0) is 20.1 Å². The maximum absolute atomic E-state index is 13.4. The van der Waals surface area contributed by atoms with Crippen LogP contribution in [0.5, 0.6) is 0 Å². The van der Waals surface area contributed by atoms with Crippen molar-refractivity contribution in [3.63, 3.8) is 0 Å². The van der Waals surface area contributed by atoms with E-state index in [-0.39, 0.29) is 11.4 Å². The number of ether oxygens (including phenoxy) is 1. The van der Waals surface area contributed by atoms with Crippen LogP contribution in [0.1, 0.15) is 17.0 Å². The molecule has 9 heteroatoms. The number of nitrogens with one attached hydrogen (secondary N) is 1. The molecule has 1 aromatic carbocycles. The smallest absolute Gasteiger partial charge is 0.316 e. The summed E-state index contributed by atoms with van der Waals surface area (Å²) in [5, 5.41) is 5.95. The summed E-state index contributed by atoms with van der Waals surface area (Å²) in [6.45, 7) is 3.01. The van der Waals surface area contributed by atoms with Gasteiger partial charge in [-0.1, -0.05) is 5.16 Å². The van der Waals surface area contributed by atoms with E-state index in [9.17, 15) is 18.4 Å². The number of aromatic nitrogens is 1. The van der Waals surface area contributed by atoms with Crippen molar-refractivity contribution < 1.29 is 27.6 Å². The monoisotopic (exact) mass is 370 g/mol. The SMILES string of the molecule is Cc1noc(C)c1CSCC(=O)OCC(=O)Nc1cc(F)ccc1F. The van der Waals surface area contributed by atoms with Crippen LogP contribution in [0.4, 0.5) is 14.5 Å². The maximum atomic E-state index is 13.4. The Morgan fingerprint density at radius 3 is 2.76 bits per heavy atom. The van der Waals surface area contributed by atoms with Crippen molar-refractivity contribution in [3.8, 4) is 0 Å². The minimum absolute atomic E-state index is 0.0334. The molecule has 2 aromatic rings. The first-order valence-electron chi connectivity index (χ1n) is 7.27. The van der Waals surface area contributed by atoms with Gasteiger partial charge >= 0.3 is 5.97 Å². The van der Waals surface area contributed by atoms with E-state index < -0.39 is 30.1 Å². The average molecular weight is 370 g/mol. The van der Waals surface area contributed by atoms with Gasteiger partial charge in [0.05, 0.1) is 17.1 Å². The lowest BCUT2D eigenvalue weighted by atomic mass is 10.2. The highest BCUT2D eigenvalue weighted by Crippen LogP contribution is 2.19. The number of nitrogens with zero attached hydrogens (tertiary/aromatic N) is 1. The molecule has 0 atom stereocenters. The summed E-state index contributed by atoms with van der Waals surface area (Å²) in [4.78, 5) is 23.2. The number of benzene rings is 1. The predicted molar refractivity (Wildman–Crippen MR) is 88.1 cm³/mol. The van der Waals surface area contributed by atoms with Crippen molar-refractivity contribution >= 4 is 29.3 Å². The highest BCUT2D eigenvalue weighted by molar-refractivity contribution is 7.99. The molecule has 0 saturated carbocycles. The fourth-order valence-electron chi connectivity index (χ4n) is 1.91. The van der Waals surface area contributed by atoms with Crippen molar-refractivity contribution in [2.24, 2.45) is 0 Å². The third kappa shape index (κ3) is 5.56. The molecule has 1 heterocycles. The molecule has 134 valence electrons. The quantitative estimate of drug-likeness (QED) is 0.755. The molecule has 0 spiro atoms. The first-order chi connectivity index (χ1) is 11.9. The van der Waals surface area contributed by atoms with Gasteiger partial charge in [-0.05, 0) is 26.0 Å². The van der Waals surface area contributed by atoms with Gasteiger partial charge in [0, 0.05) is 17.4 Å². The highest BCUT2D eigenvalue weighted by atomic mass is 32.2. The molecule has 0 aliphatic rings. The number of carbonyl (C=O) groups excluding carboxylic acids is 2. The summed E-state index contributed by atoms with van der Waals surface area (Å²) in [6.07, 6.45) is 0. The number of halogens is 2. The van der Waals surface area contributed by atoms with Crippen LogP contribution in [0.2, 0.25) is 0 Å². The molecular formula is C16H16F2N2O4S. The zero-order valence-corrected chi connectivity index (χ0v) is 14.4. The fraction of sp³-hybridized carbons (Fsp3) is 0.312. The lowest BCUT2D eigenvalue weighted by Gasteiger charge is -2.07. The number of hydrogen-bond donors (Lipinski definition) is 1. The molecule has 0 fully saturated rings. The van der Waals surface area contributed by atoms with Crippen molar-refractivity contribution in [1.82, 2.24) is 5.16 Å². The van der Waals surface area contributed by atoms with Gasteiger partial charge in [0.1, 0.15) is 17.4 Å². The Labute approximate surface area is 146 Å². The summed E-state index contributed by atoms with van der Waals surface area (Å²) >= 11 is 1.29. The molecule has 0 radical (unpaired) electrons. The molecule has 2 rings (SSSR count). The van der Waals surface area contributed by atoms with Crippen LogP contribution in [-0.4, -0.2) is 29.4 Å². The molecule has 0 aliphatic heterocycles. The molecule has 1 amide bonds. The number of aryl methyl sites for hydroxylation is 2. The summed E-state index contributed by atoms with van der Waals surface area (Å²) in [5.41, 5.74) is 1.36. The molecule has 0 saturated heterocycles. The minimum atomic E-state index is -0.781. The predicted octanol–water partition coefficient (Wildman–Crippen LogP) is 2.98. The first-order valence-corrected chi connectivity index (χ1v) is 8.42. The Morgan fingerprint density at radius 1 is 1.32 bits per heavy atom. The molecule has 0 unspecified atom stereocenters. The van der Waals surface area contributed by atoms with Gasteiger partial charge in [0.25, 0.3) is 5.91 Å². The highest BCUT2D eigenvalue weighted by Gasteiger charge is 2.13. The van der Waals surface area contributed by atoms with Crippen LogP contribution in [0.15, 0.2) is 22.7 Å². The molecular weight excluding hydrogens is 354 g/mol. The van der Waals surface area contributed by atoms with E-state index >= 15 is 0 Å². The lowest BCUT2D eigenvalue weighted by molar-refractivity contribution is -0.144. The standard InChI is InChI=1S/C16H16F2N2O4S/c1-9-12(10(2)24-20-9)7-25-8-16(22)23-6-15(21)19-14-5-11(17)3-4-13(14)18/h3-5H,6-8H2,1-2H3,(H,19,21). The van der Waals surface area contributed by atoms with Crippen molar-refractivity contribution in [3.05, 3.63) is 46.9 Å². The van der Waals surface area contributed by atoms with Crippen molar-refractivity contribution in [1.29, 1.82) is 0 Å². The van der Waals surface area contributed by atoms with E-state index in [4.69, 9.17) is 9.26 Å². The second-order valence-electron chi connectivity index (χ2n) is 5.13. The normalized spacial score (nSPS) is 10.6. The third-order valence-electron chi connectivity index (χ3n) is 3.21. The van der Waals surface area contributed by atoms with Gasteiger partial charge in [0.2, 0.25) is 0 Å². The molecule has 0 aliphatic carbocycles. The molecule has 1 N–H and O–H groups in total. The molecule has 1 aromatic heterocycles. The Bertz CT molecular complexity index is 760. The second kappa shape index (κ2) is 8.61. The van der Waals surface area contributed by atoms with Gasteiger partial charge in [-0.25, -0.2) is 8.78 Å². The lowest BCUT2D eigenvalue weighted by Crippen LogP contribution is -2.22. The van der Waals surface area contributed by atoms with Gasteiger partial charge in [-0.3, -0.25) is 9.59 Å². The van der Waals surface area contributed by atoms with E-state index in [1.54, 1.807) is 13.8 Å². The summed E-state index contributed by atoms with van der Waals surface area (Å²) in [7, 11) is 0. The van der Waals surface area contributed by atoms with Crippen LogP contribution < -0.4 is 5.32 Å². The number of esters is 1. The second-order valence-corrected chi connectivity index (χ2v) is 6.11. The van der Waals surface area contributed by atoms with E-state index in [0.717, 1.165) is 29.5 Å². The Hall–Kier alpha value is -2.42. The minimum Gasteiger partial charge on any atom is -0.455 e. The molecule has 25 heavy (non-hydrogen) atoms. The summed E-state index contributed by atoms with van der Waals surface area (Å²) in [5.74, 6) is -1.57. The molecule has 0 bridgehead atoms. The Morgan fingerprint density at radius 2 is 2.08 bits per heavy atom. The van der Waals surface area contributed by atoms with E-state index in [1.165, 1.54) is 11.8 Å². The van der Waals surface area contributed by atoms with Crippen LogP contribution in [0, 0.1) is 25.5 Å². The Kier molecular flexibility index (Phi) is 6.51. The van der Waals surface area contributed by atoms with Crippen LogP contribution in [0.3, 0.4) is 0 Å². The summed E-state index contributed by atoms with van der Waals surface area (Å²) < 4.78 is 36.2. The number of amides is 1. The van der Waals surface area contributed by atoms with E-state index in [2.05, 4.69) is 10.5 Å². The van der Waals surface area contributed by atoms with Gasteiger partial charge < -0.3 is 14.6 Å². The fourth-order valence-corrected chi connectivity index (χ4v) is 2.88. The number of anilines is 1. The van der Waals surface area contributed by atoms with E-state index in [0.29, 0.717) is 11.5 Å². The van der Waals surface area contributed by atoms with E-state index in [1.807, 2.05) is 0 Å². The average Bonchev–Trinajstić information content (AvgIpc) is 2.88. The van der Waals surface area contributed by atoms with Crippen molar-refractivity contribution in [2.45, 2.75) is 19.6 Å². The number of thioether (sulfide) groups is 1. The topological polar surface area (TPSA) is 81.4 Å². The third-order valence-corrected chi connectivity index (χ3v) is 4.15. The number of rotatable bonds is 7. The number of hydrogen-bond acceptors (Lipinski definition) is 6. The largest absolute Gasteiger partial charge is 0.455 e. The van der Waals surface area contributed by atoms with Crippen LogP contribution in [0.25, 0.3) is 0 Å². The zero-order valence-electron chi connectivity index (χ0n) is 13.6. The first kappa shape index (κ1) is 18.9. The summed E-state index contributed by atoms with van der Waals surface area (Å²) in [6, 6.07) is 2.66. The molecule has 6 nitrogen and oxygen atoms in total. The number of carbonyl (C=O) groups is 2. The van der Waals surface area contributed by atoms with Crippen molar-refractivity contribution in [2.75, 3.05) is 17.7 Å². The Balaban J connectivity index is 1.72. The van der Waals surface area contributed by atoms with Crippen LogP contribution >= 0.6 is 11.8 Å². The van der Waals surface area contributed by atoms with Gasteiger partial charge in [0.15, 0.2) is 6.61 Å². The van der Waals surface area contributed by atoms with Gasteiger partial charge in [-0.15, -0.1) is 11.8 Å². The zero-order chi connectivity index (χ0) is 18.4. The maximum Gasteiger partial charge on any atom is 0.316 e. The van der Waals surface area contributed by atoms with Gasteiger partial charge in [-0.2, -0.15) is 0 Å².